The van der Waals surface area contributed by atoms with Gasteiger partial charge in [-0.05, 0) is 90.0 Å². The molecule has 0 bridgehead atoms. The molecule has 0 saturated heterocycles. The average Bonchev–Trinajstić information content (AvgIpc) is 1.37. The number of rotatable bonds is 10. The third kappa shape index (κ3) is 10.4. The van der Waals surface area contributed by atoms with Crippen LogP contribution in [-0.2, 0) is 21.7 Å². The van der Waals surface area contributed by atoms with Crippen LogP contribution in [0.25, 0.3) is 11.1 Å². The van der Waals surface area contributed by atoms with Crippen molar-refractivity contribution < 1.29 is 127 Å². The fourth-order valence-electron chi connectivity index (χ4n) is 8.69. The lowest BCUT2D eigenvalue weighted by Gasteiger charge is -2.39. The van der Waals surface area contributed by atoms with E-state index in [0.29, 0.717) is 17.7 Å². The van der Waals surface area contributed by atoms with Crippen LogP contribution in [0.3, 0.4) is 0 Å². The molecule has 0 N–H and O–H groups in total. The number of alkyl halides is 21. The largest absolute Gasteiger partial charge is 0.416 e. The van der Waals surface area contributed by atoms with Crippen molar-refractivity contribution in [3.8, 4) is 11.1 Å². The van der Waals surface area contributed by atoms with E-state index in [1.807, 2.05) is 0 Å². The number of anilines is 6. The monoisotopic (exact) mass is 1230 g/mol. The first-order valence-corrected chi connectivity index (χ1v) is 22.6. The van der Waals surface area contributed by atoms with E-state index in [4.69, 9.17) is 0 Å². The maximum atomic E-state index is 16.7. The van der Waals surface area contributed by atoms with Crippen molar-refractivity contribution in [2.45, 2.75) is 99.5 Å². The minimum atomic E-state index is -7.35. The first kappa shape index (κ1) is 65.0. The van der Waals surface area contributed by atoms with Crippen LogP contribution in [0.4, 0.5) is 161 Å². The van der Waals surface area contributed by atoms with Crippen LogP contribution < -0.4 is 9.80 Å². The van der Waals surface area contributed by atoms with E-state index in [1.165, 1.54) is 12.1 Å². The van der Waals surface area contributed by atoms with E-state index in [1.54, 1.807) is 20.8 Å². The van der Waals surface area contributed by atoms with Crippen LogP contribution in [0.15, 0.2) is 97.1 Å². The van der Waals surface area contributed by atoms with Gasteiger partial charge in [0.2, 0.25) is 0 Å². The first-order chi connectivity index (χ1) is 37.4. The van der Waals surface area contributed by atoms with Crippen LogP contribution in [0.5, 0.6) is 0 Å². The smallest absolute Gasteiger partial charge is 0.305 e. The number of hydrogen-bond acceptors (Lipinski definition) is 2. The lowest BCUT2D eigenvalue weighted by molar-refractivity contribution is -0.387. The highest BCUT2D eigenvalue weighted by Gasteiger charge is 2.84. The summed E-state index contributed by atoms with van der Waals surface area (Å²) in [6, 6.07) is 2.80. The third-order valence-corrected chi connectivity index (χ3v) is 13.7. The molecule has 0 atom stereocenters. The van der Waals surface area contributed by atoms with E-state index in [-0.39, 0.29) is 60.4 Å². The third-order valence-electron chi connectivity index (χ3n) is 13.7. The second kappa shape index (κ2) is 20.6. The van der Waals surface area contributed by atoms with Gasteiger partial charge >= 0.3 is 43.2 Å². The summed E-state index contributed by atoms with van der Waals surface area (Å²) in [5, 5.41) is 0. The Balaban J connectivity index is 1.65. The summed E-state index contributed by atoms with van der Waals surface area (Å²) in [6.07, 6.45) is -46.8. The van der Waals surface area contributed by atoms with E-state index >= 15 is 35.1 Å². The summed E-state index contributed by atoms with van der Waals surface area (Å²) in [7, 11) is 0. The zero-order chi connectivity index (χ0) is 63.5. The van der Waals surface area contributed by atoms with Crippen molar-refractivity contribution in [1.82, 2.24) is 0 Å². The van der Waals surface area contributed by atoms with E-state index in [9.17, 15) is 92.2 Å². The molecule has 2 nitrogen and oxygen atoms in total. The molecule has 6 rings (SSSR count). The Bertz CT molecular complexity index is 3250. The Kier molecular flexibility index (Phi) is 16.1. The fourth-order valence-corrected chi connectivity index (χ4v) is 8.69. The van der Waals surface area contributed by atoms with E-state index in [2.05, 4.69) is 0 Å². The maximum absolute atomic E-state index is 16.7. The minimum Gasteiger partial charge on any atom is -0.305 e. The van der Waals surface area contributed by atoms with Crippen molar-refractivity contribution in [3.05, 3.63) is 166 Å². The zero-order valence-electron chi connectivity index (χ0n) is 41.6. The highest BCUT2D eigenvalue weighted by atomic mass is 19.4. The molecule has 0 aromatic heterocycles. The summed E-state index contributed by atoms with van der Waals surface area (Å²) < 4.78 is 427. The van der Waals surface area contributed by atoms with E-state index < -0.39 is 197 Å². The van der Waals surface area contributed by atoms with Gasteiger partial charge in [0.1, 0.15) is 11.4 Å². The molecular weight excluding hydrogens is 1200 g/mol. The van der Waals surface area contributed by atoms with Crippen LogP contribution in [-0.4, -0.2) is 43.2 Å². The minimum absolute atomic E-state index is 0.0307. The second-order valence-electron chi connectivity index (χ2n) is 19.6. The topological polar surface area (TPSA) is 6.48 Å². The molecule has 0 aliphatic rings. The van der Waals surface area contributed by atoms with E-state index in [0.717, 1.165) is 12.1 Å². The number of nitrogens with zero attached hydrogens (tertiary/aromatic N) is 2. The van der Waals surface area contributed by atoms with Gasteiger partial charge in [0.05, 0.1) is 11.1 Å². The van der Waals surface area contributed by atoms with Crippen LogP contribution >= 0.6 is 0 Å². The normalized spacial score (nSPS) is 13.9. The fraction of sp³-hybridized carbons (Fsp3) is 0.308. The predicted molar refractivity (Wildman–Crippen MR) is 238 cm³/mol. The van der Waals surface area contributed by atoms with Crippen molar-refractivity contribution >= 4 is 34.1 Å². The lowest BCUT2D eigenvalue weighted by atomic mass is 9.78. The predicted octanol–water partition coefficient (Wildman–Crippen LogP) is 20.4. The molecule has 0 amide bonds. The van der Waals surface area contributed by atoms with Gasteiger partial charge in [0.25, 0.3) is 5.41 Å². The highest BCUT2D eigenvalue weighted by molar-refractivity contribution is 5.83. The molecule has 0 spiro atoms. The molecule has 31 heteroatoms. The maximum Gasteiger partial charge on any atom is 0.416 e. The number of hydrogen-bond donors (Lipinski definition) is 0. The SMILES string of the molecule is CC(C)(C)c1ccc(N(c2ccc(C(C)(C(F)(F)F)C(F)(F)F)cc2)c2c(F)c(F)c(-c3c(F)c(F)c(N(c4ccc(C(C)(C(F)(F)F)C(F)(F)F)cc4)c4ccc(C(C(F)(F)F)(C(F)(F)F)C(F)(F)F)cc4)c(F)c3F)c(F)c2F)cc1. The summed E-state index contributed by atoms with van der Waals surface area (Å²) in [4.78, 5) is -0.408. The molecule has 0 aliphatic heterocycles. The molecule has 6 aromatic carbocycles. The second-order valence-corrected chi connectivity index (χ2v) is 19.6. The molecule has 452 valence electrons. The molecule has 0 heterocycles. The van der Waals surface area contributed by atoms with Gasteiger partial charge in [-0.15, -0.1) is 0 Å². The summed E-state index contributed by atoms with van der Waals surface area (Å²) >= 11 is 0. The Hall–Kier alpha value is -7.11. The summed E-state index contributed by atoms with van der Waals surface area (Å²) in [5.74, 6) is -24.3. The number of benzene rings is 6. The van der Waals surface area contributed by atoms with Gasteiger partial charge in [-0.1, -0.05) is 69.3 Å². The number of halogens is 29. The summed E-state index contributed by atoms with van der Waals surface area (Å²) in [5.41, 5.74) is -37.5. The molecular formula is C52H31F29N2. The van der Waals surface area contributed by atoms with Gasteiger partial charge in [-0.2, -0.15) is 92.2 Å². The molecule has 0 unspecified atom stereocenters. The molecule has 0 saturated carbocycles. The van der Waals surface area contributed by atoms with Gasteiger partial charge in [0, 0.05) is 22.7 Å². The van der Waals surface area contributed by atoms with Gasteiger partial charge in [-0.25, -0.2) is 35.1 Å². The van der Waals surface area contributed by atoms with Crippen molar-refractivity contribution in [3.63, 3.8) is 0 Å². The van der Waals surface area contributed by atoms with Gasteiger partial charge < -0.3 is 9.80 Å². The van der Waals surface area contributed by atoms with Gasteiger partial charge in [0.15, 0.2) is 57.4 Å². The molecule has 6 aromatic rings. The quantitative estimate of drug-likeness (QED) is 0.0996. The zero-order valence-corrected chi connectivity index (χ0v) is 41.6. The van der Waals surface area contributed by atoms with Crippen molar-refractivity contribution in [1.29, 1.82) is 0 Å². The van der Waals surface area contributed by atoms with Crippen LogP contribution in [0.1, 0.15) is 56.9 Å². The Morgan fingerprint density at radius 2 is 0.434 bits per heavy atom. The van der Waals surface area contributed by atoms with Crippen molar-refractivity contribution in [2.24, 2.45) is 0 Å². The van der Waals surface area contributed by atoms with Gasteiger partial charge in [-0.3, -0.25) is 0 Å². The van der Waals surface area contributed by atoms with Crippen LogP contribution in [0, 0.1) is 46.5 Å². The molecule has 0 fully saturated rings. The van der Waals surface area contributed by atoms with Crippen LogP contribution in [0.2, 0.25) is 0 Å². The van der Waals surface area contributed by atoms with Crippen molar-refractivity contribution in [2.75, 3.05) is 9.80 Å². The standard InChI is InChI=1S/C52H31F29N2/c1-42(2,3)22-6-14-26(15-7-22)82(27-16-8-23(9-17-27)43(4,46(61,62)63)47(64,65)66)40-36(57)32(53)30(33(54)37(40)58)31-34(55)38(59)41(39(60)35(31)56)83(28-18-10-24(11-19-28)44(5,48(67,68)69)49(70,71)72)29-20-12-25(13-21-29)45(50(73,74)75,51(76,77)78)52(79,80)81/h6-21H,1-5H3. The lowest BCUT2D eigenvalue weighted by Crippen LogP contribution is -2.63. The Morgan fingerprint density at radius 3 is 0.614 bits per heavy atom. The molecule has 0 aliphatic carbocycles. The Morgan fingerprint density at radius 1 is 0.241 bits per heavy atom. The Labute approximate surface area is 447 Å². The molecule has 83 heavy (non-hydrogen) atoms. The first-order valence-electron chi connectivity index (χ1n) is 22.6. The average molecular weight is 1230 g/mol. The molecule has 0 radical (unpaired) electrons. The summed E-state index contributed by atoms with van der Waals surface area (Å²) in [6.45, 7) is 4.11. The highest BCUT2D eigenvalue weighted by Crippen LogP contribution is 2.61.